The van der Waals surface area contributed by atoms with Crippen molar-refractivity contribution in [3.8, 4) is 0 Å². The fourth-order valence-electron chi connectivity index (χ4n) is 2.62. The third-order valence-corrected chi connectivity index (χ3v) is 4.10. The molecule has 2 aliphatic rings. The maximum Gasteiger partial charge on any atom is 0.318 e. The molecule has 1 aliphatic carbocycles. The summed E-state index contributed by atoms with van der Waals surface area (Å²) in [7, 11) is 0. The average molecular weight is 264 g/mol. The van der Waals surface area contributed by atoms with Gasteiger partial charge >= 0.3 is 6.01 Å². The molecule has 2 fully saturated rings. The van der Waals surface area contributed by atoms with Gasteiger partial charge in [0, 0.05) is 39.0 Å². The van der Waals surface area contributed by atoms with Crippen LogP contribution in [0.1, 0.15) is 25.7 Å². The quantitative estimate of drug-likeness (QED) is 0.817. The number of rotatable bonds is 3. The van der Waals surface area contributed by atoms with Crippen molar-refractivity contribution in [3.05, 3.63) is 5.89 Å². The molecule has 1 aromatic rings. The summed E-state index contributed by atoms with van der Waals surface area (Å²) in [5, 5.41) is 7.86. The number of anilines is 1. The summed E-state index contributed by atoms with van der Waals surface area (Å²) in [6.07, 6.45) is 2.43. The Morgan fingerprint density at radius 1 is 1.26 bits per heavy atom. The van der Waals surface area contributed by atoms with Crippen LogP contribution in [0.25, 0.3) is 0 Å². The van der Waals surface area contributed by atoms with E-state index < -0.39 is 0 Å². The molecule has 1 unspecified atom stereocenters. The molecule has 104 valence electrons. The molecule has 1 atom stereocenters. The van der Waals surface area contributed by atoms with Crippen molar-refractivity contribution in [2.24, 2.45) is 11.8 Å². The van der Waals surface area contributed by atoms with E-state index in [4.69, 9.17) is 4.42 Å². The molecule has 0 bridgehead atoms. The van der Waals surface area contributed by atoms with Gasteiger partial charge in [0.2, 0.25) is 11.8 Å². The second kappa shape index (κ2) is 4.83. The van der Waals surface area contributed by atoms with Gasteiger partial charge in [-0.3, -0.25) is 4.79 Å². The molecule has 6 heteroatoms. The summed E-state index contributed by atoms with van der Waals surface area (Å²) >= 11 is 0. The molecule has 1 aromatic heterocycles. The molecule has 0 aromatic carbocycles. The number of carbonyl (C=O) groups is 1. The zero-order valence-corrected chi connectivity index (χ0v) is 11.5. The monoisotopic (exact) mass is 264 g/mol. The lowest BCUT2D eigenvalue weighted by molar-refractivity contribution is -0.136. The highest BCUT2D eigenvalue weighted by Crippen LogP contribution is 2.37. The van der Waals surface area contributed by atoms with E-state index in [2.05, 4.69) is 17.1 Å². The van der Waals surface area contributed by atoms with Gasteiger partial charge in [0.05, 0.1) is 0 Å². The number of hydrogen-bond acceptors (Lipinski definition) is 5. The van der Waals surface area contributed by atoms with Crippen LogP contribution in [-0.4, -0.2) is 47.2 Å². The standard InChI is InChI=1S/C13H20N4O2/c1-9(11-3-4-11)12(18)16-5-7-17(8-6-16)13-15-14-10(2)19-13/h9,11H,3-8H2,1-2H3. The molecule has 2 heterocycles. The number of amides is 1. The van der Waals surface area contributed by atoms with Crippen LogP contribution in [0.15, 0.2) is 4.42 Å². The van der Waals surface area contributed by atoms with Crippen LogP contribution >= 0.6 is 0 Å². The Morgan fingerprint density at radius 3 is 2.47 bits per heavy atom. The second-order valence-electron chi connectivity index (χ2n) is 5.54. The highest BCUT2D eigenvalue weighted by atomic mass is 16.4. The Bertz CT molecular complexity index is 461. The largest absolute Gasteiger partial charge is 0.408 e. The molecule has 6 nitrogen and oxygen atoms in total. The van der Waals surface area contributed by atoms with Crippen molar-refractivity contribution >= 4 is 11.9 Å². The topological polar surface area (TPSA) is 62.5 Å². The fourth-order valence-corrected chi connectivity index (χ4v) is 2.62. The van der Waals surface area contributed by atoms with Crippen molar-refractivity contribution in [2.75, 3.05) is 31.1 Å². The second-order valence-corrected chi connectivity index (χ2v) is 5.54. The van der Waals surface area contributed by atoms with Crippen LogP contribution in [0, 0.1) is 18.8 Å². The molecule has 0 N–H and O–H groups in total. The first-order valence-corrected chi connectivity index (χ1v) is 6.99. The predicted octanol–water partition coefficient (Wildman–Crippen LogP) is 1.07. The van der Waals surface area contributed by atoms with Crippen LogP contribution in [0.4, 0.5) is 6.01 Å². The van der Waals surface area contributed by atoms with Gasteiger partial charge in [0.1, 0.15) is 0 Å². The summed E-state index contributed by atoms with van der Waals surface area (Å²) < 4.78 is 5.41. The average Bonchev–Trinajstić information content (AvgIpc) is 3.19. The number of carbonyl (C=O) groups excluding carboxylic acids is 1. The fraction of sp³-hybridized carbons (Fsp3) is 0.769. The minimum Gasteiger partial charge on any atom is -0.408 e. The summed E-state index contributed by atoms with van der Waals surface area (Å²) in [5.41, 5.74) is 0. The van der Waals surface area contributed by atoms with Crippen molar-refractivity contribution in [2.45, 2.75) is 26.7 Å². The van der Waals surface area contributed by atoms with Gasteiger partial charge in [-0.2, -0.15) is 0 Å². The predicted molar refractivity (Wildman–Crippen MR) is 69.7 cm³/mol. The van der Waals surface area contributed by atoms with E-state index in [-0.39, 0.29) is 5.92 Å². The minimum atomic E-state index is 0.192. The van der Waals surface area contributed by atoms with Gasteiger partial charge < -0.3 is 14.2 Å². The van der Waals surface area contributed by atoms with Crippen molar-refractivity contribution in [1.82, 2.24) is 15.1 Å². The van der Waals surface area contributed by atoms with Crippen LogP contribution in [-0.2, 0) is 4.79 Å². The molecule has 1 amide bonds. The lowest BCUT2D eigenvalue weighted by atomic mass is 10.0. The van der Waals surface area contributed by atoms with Gasteiger partial charge in [-0.15, -0.1) is 5.10 Å². The number of hydrogen-bond donors (Lipinski definition) is 0. The van der Waals surface area contributed by atoms with Gasteiger partial charge in [-0.05, 0) is 18.8 Å². The lowest BCUT2D eigenvalue weighted by Gasteiger charge is -2.35. The lowest BCUT2D eigenvalue weighted by Crippen LogP contribution is -2.50. The SMILES string of the molecule is Cc1nnc(N2CCN(C(=O)C(C)C3CC3)CC2)o1. The molecular formula is C13H20N4O2. The zero-order valence-electron chi connectivity index (χ0n) is 11.5. The van der Waals surface area contributed by atoms with E-state index in [0.29, 0.717) is 23.7 Å². The number of piperazine rings is 1. The van der Waals surface area contributed by atoms with E-state index >= 15 is 0 Å². The highest BCUT2D eigenvalue weighted by molar-refractivity contribution is 5.79. The molecule has 0 radical (unpaired) electrons. The minimum absolute atomic E-state index is 0.192. The van der Waals surface area contributed by atoms with Crippen LogP contribution in [0.3, 0.4) is 0 Å². The summed E-state index contributed by atoms with van der Waals surface area (Å²) in [6, 6.07) is 0.569. The molecule has 19 heavy (non-hydrogen) atoms. The van der Waals surface area contributed by atoms with Crippen molar-refractivity contribution in [3.63, 3.8) is 0 Å². The Kier molecular flexibility index (Phi) is 3.16. The molecule has 1 aliphatic heterocycles. The molecule has 3 rings (SSSR count). The van der Waals surface area contributed by atoms with Crippen LogP contribution in [0.5, 0.6) is 0 Å². The van der Waals surface area contributed by atoms with E-state index in [1.165, 1.54) is 12.8 Å². The highest BCUT2D eigenvalue weighted by Gasteiger charge is 2.36. The van der Waals surface area contributed by atoms with E-state index in [9.17, 15) is 4.79 Å². The van der Waals surface area contributed by atoms with E-state index in [0.717, 1.165) is 26.2 Å². The molecular weight excluding hydrogens is 244 g/mol. The molecule has 1 saturated carbocycles. The first-order valence-electron chi connectivity index (χ1n) is 6.99. The summed E-state index contributed by atoms with van der Waals surface area (Å²) in [6.45, 7) is 6.88. The van der Waals surface area contributed by atoms with Gasteiger partial charge in [0.15, 0.2) is 0 Å². The van der Waals surface area contributed by atoms with Crippen molar-refractivity contribution in [1.29, 1.82) is 0 Å². The van der Waals surface area contributed by atoms with Gasteiger partial charge in [-0.25, -0.2) is 0 Å². The van der Waals surface area contributed by atoms with Crippen LogP contribution in [0.2, 0.25) is 0 Å². The maximum atomic E-state index is 12.3. The zero-order chi connectivity index (χ0) is 13.4. The Hall–Kier alpha value is -1.59. The maximum absolute atomic E-state index is 12.3. The van der Waals surface area contributed by atoms with E-state index in [1.807, 2.05) is 9.80 Å². The third kappa shape index (κ3) is 2.57. The Morgan fingerprint density at radius 2 is 1.95 bits per heavy atom. The Balaban J connectivity index is 1.55. The Labute approximate surface area is 112 Å². The first kappa shape index (κ1) is 12.4. The summed E-state index contributed by atoms with van der Waals surface area (Å²) in [4.78, 5) is 16.3. The smallest absolute Gasteiger partial charge is 0.318 e. The van der Waals surface area contributed by atoms with Crippen molar-refractivity contribution < 1.29 is 9.21 Å². The van der Waals surface area contributed by atoms with Gasteiger partial charge in [0.25, 0.3) is 0 Å². The third-order valence-electron chi connectivity index (χ3n) is 4.10. The normalized spacial score (nSPS) is 21.6. The first-order chi connectivity index (χ1) is 9.15. The number of aryl methyl sites for hydroxylation is 1. The molecule has 0 spiro atoms. The summed E-state index contributed by atoms with van der Waals surface area (Å²) in [5.74, 6) is 1.71. The molecule has 1 saturated heterocycles. The van der Waals surface area contributed by atoms with E-state index in [1.54, 1.807) is 6.92 Å². The van der Waals surface area contributed by atoms with Crippen LogP contribution < -0.4 is 4.90 Å². The number of nitrogens with zero attached hydrogens (tertiary/aromatic N) is 4. The number of aromatic nitrogens is 2. The van der Waals surface area contributed by atoms with Gasteiger partial charge in [-0.1, -0.05) is 12.0 Å².